The maximum atomic E-state index is 5.84. The molecule has 4 heteroatoms. The van der Waals surface area contributed by atoms with Crippen LogP contribution in [-0.2, 0) is 7.58 Å². The molecule has 21 heavy (non-hydrogen) atoms. The fraction of sp³-hybridized carbons (Fsp3) is 1.00. The molecule has 2 saturated heterocycles. The van der Waals surface area contributed by atoms with E-state index >= 15 is 0 Å². The van der Waals surface area contributed by atoms with Gasteiger partial charge < -0.3 is 7.58 Å². The summed E-state index contributed by atoms with van der Waals surface area (Å²) in [7, 11) is 0. The second kappa shape index (κ2) is 14.6. The maximum Gasteiger partial charge on any atom is 0.460 e. The summed E-state index contributed by atoms with van der Waals surface area (Å²) in [4.78, 5) is 0. The molecule has 0 radical (unpaired) electrons. The molecule has 0 bridgehead atoms. The highest BCUT2D eigenvalue weighted by Crippen LogP contribution is 2.17. The zero-order chi connectivity index (χ0) is 15.2. The molecular formula is C17H36Al2O2. The van der Waals surface area contributed by atoms with Crippen LogP contribution in [0.5, 0.6) is 0 Å². The highest BCUT2D eigenvalue weighted by atomic mass is 27.2. The molecule has 0 amide bonds. The van der Waals surface area contributed by atoms with Gasteiger partial charge in [0.15, 0.2) is 0 Å². The minimum atomic E-state index is -0.685. The van der Waals surface area contributed by atoms with Crippen LogP contribution in [-0.4, -0.2) is 42.2 Å². The highest BCUT2D eigenvalue weighted by molar-refractivity contribution is 6.52. The standard InChI is InChI=1S/C8H17.2C4H8O.CH3.2Al/c1-3-5-7-8-6-4-2;2*1-2-3-4-5;;;/h1,3-8H2,2H3;2*1-4H2;1H3;;/q;2*-1;;2*+1. The van der Waals surface area contributed by atoms with E-state index < -0.39 is 29.0 Å². The van der Waals surface area contributed by atoms with Crippen molar-refractivity contribution in [3.05, 3.63) is 0 Å². The Morgan fingerprint density at radius 1 is 0.762 bits per heavy atom. The molecule has 122 valence electrons. The number of hydrogen-bond donors (Lipinski definition) is 0. The molecule has 0 aliphatic carbocycles. The monoisotopic (exact) mass is 326 g/mol. The fourth-order valence-corrected chi connectivity index (χ4v) is 7.30. The van der Waals surface area contributed by atoms with Crippen molar-refractivity contribution < 1.29 is 7.58 Å². The molecule has 0 aromatic carbocycles. The minimum absolute atomic E-state index is 0.595. The molecule has 0 N–H and O–H groups in total. The molecule has 0 saturated carbocycles. The Hall–Kier alpha value is 0.985. The van der Waals surface area contributed by atoms with Gasteiger partial charge in [0.2, 0.25) is 0 Å². The van der Waals surface area contributed by atoms with E-state index in [4.69, 9.17) is 7.58 Å². The first-order valence-electron chi connectivity index (χ1n) is 9.56. The van der Waals surface area contributed by atoms with Crippen LogP contribution in [0.15, 0.2) is 0 Å². The summed E-state index contributed by atoms with van der Waals surface area (Å²) in [5.74, 6) is 2.28. The first-order chi connectivity index (χ1) is 10.3. The third-order valence-electron chi connectivity index (χ3n) is 4.56. The van der Waals surface area contributed by atoms with Gasteiger partial charge in [-0.1, -0.05) is 79.9 Å². The van der Waals surface area contributed by atoms with Crippen molar-refractivity contribution in [3.8, 4) is 0 Å². The molecular weight excluding hydrogens is 290 g/mol. The van der Waals surface area contributed by atoms with Gasteiger partial charge in [-0.2, -0.15) is 0 Å². The fourth-order valence-electron chi connectivity index (χ4n) is 3.09. The van der Waals surface area contributed by atoms with Crippen LogP contribution in [0.4, 0.5) is 0 Å². The Labute approximate surface area is 142 Å². The lowest BCUT2D eigenvalue weighted by atomic mass is 10.1. The van der Waals surface area contributed by atoms with Crippen molar-refractivity contribution in [2.24, 2.45) is 0 Å². The Balaban J connectivity index is 0.000000262. The molecule has 2 fully saturated rings. The summed E-state index contributed by atoms with van der Waals surface area (Å²) in [6.07, 6.45) is 14.1. The quantitative estimate of drug-likeness (QED) is 0.450. The van der Waals surface area contributed by atoms with E-state index in [2.05, 4.69) is 12.7 Å². The van der Waals surface area contributed by atoms with E-state index in [-0.39, 0.29) is 0 Å². The van der Waals surface area contributed by atoms with E-state index in [1.165, 1.54) is 80.1 Å². The number of unbranched alkanes of at least 4 members (excludes halogenated alkanes) is 5. The van der Waals surface area contributed by atoms with Crippen LogP contribution in [0.25, 0.3) is 0 Å². The van der Waals surface area contributed by atoms with E-state index in [0.29, 0.717) is 0 Å². The molecule has 0 aromatic heterocycles. The van der Waals surface area contributed by atoms with Crippen molar-refractivity contribution in [1.29, 1.82) is 0 Å². The van der Waals surface area contributed by atoms with Crippen LogP contribution in [0, 0.1) is 0 Å². The zero-order valence-electron chi connectivity index (χ0n) is 14.6. The Morgan fingerprint density at radius 3 is 1.95 bits per heavy atom. The third kappa shape index (κ3) is 12.1. The zero-order valence-corrected chi connectivity index (χ0v) is 16.9. The number of hydrogen-bond acceptors (Lipinski definition) is 2. The molecule has 0 aromatic rings. The van der Waals surface area contributed by atoms with E-state index in [1.807, 2.05) is 0 Å². The lowest BCUT2D eigenvalue weighted by Gasteiger charge is -2.17. The van der Waals surface area contributed by atoms with Crippen molar-refractivity contribution in [2.45, 2.75) is 92.8 Å². The molecule has 2 nitrogen and oxygen atoms in total. The lowest BCUT2D eigenvalue weighted by molar-refractivity contribution is 0.285. The Morgan fingerprint density at radius 2 is 1.43 bits per heavy atom. The van der Waals surface area contributed by atoms with Crippen LogP contribution in [0.1, 0.15) is 71.1 Å². The minimum Gasteiger partial charge on any atom is -0.501 e. The molecule has 0 unspecified atom stereocenters. The summed E-state index contributed by atoms with van der Waals surface area (Å²) in [5.41, 5.74) is 0. The Kier molecular flexibility index (Phi) is 13.9. The predicted octanol–water partition coefficient (Wildman–Crippen LogP) is 5.57. The molecule has 0 spiro atoms. The van der Waals surface area contributed by atoms with Crippen molar-refractivity contribution in [1.82, 2.24) is 0 Å². The Bertz CT molecular complexity index is 215. The largest absolute Gasteiger partial charge is 0.501 e. The normalized spacial score (nSPS) is 19.1. The molecule has 2 aliphatic rings. The topological polar surface area (TPSA) is 18.5 Å². The highest BCUT2D eigenvalue weighted by Gasteiger charge is 2.22. The SMILES string of the molecule is CCCCCCC[CH2][Al]1[CH2]CCC[O]1.[CH3][Al]1[CH2]CCC[O]1. The van der Waals surface area contributed by atoms with Crippen LogP contribution < -0.4 is 0 Å². The smallest absolute Gasteiger partial charge is 0.460 e. The van der Waals surface area contributed by atoms with Gasteiger partial charge in [0, 0.05) is 13.2 Å². The average molecular weight is 326 g/mol. The first kappa shape index (κ1) is 20.0. The van der Waals surface area contributed by atoms with Gasteiger partial charge in [-0.3, -0.25) is 0 Å². The maximum absolute atomic E-state index is 5.84. The van der Waals surface area contributed by atoms with Crippen LogP contribution in [0.2, 0.25) is 21.6 Å². The van der Waals surface area contributed by atoms with Gasteiger partial charge in [0.05, 0.1) is 0 Å². The van der Waals surface area contributed by atoms with Crippen molar-refractivity contribution in [2.75, 3.05) is 13.2 Å². The van der Waals surface area contributed by atoms with E-state index in [0.717, 1.165) is 13.2 Å². The summed E-state index contributed by atoms with van der Waals surface area (Å²) in [6, 6.07) is 0. The average Bonchev–Trinajstić information content (AvgIpc) is 2.53. The van der Waals surface area contributed by atoms with Gasteiger partial charge in [-0.25, -0.2) is 0 Å². The summed E-state index contributed by atoms with van der Waals surface area (Å²) in [6.45, 7) is 4.41. The van der Waals surface area contributed by atoms with Crippen LogP contribution in [0.3, 0.4) is 0 Å². The van der Waals surface area contributed by atoms with Gasteiger partial charge in [0.1, 0.15) is 0 Å². The lowest BCUT2D eigenvalue weighted by Crippen LogP contribution is -2.22. The van der Waals surface area contributed by atoms with Crippen molar-refractivity contribution >= 4 is 29.0 Å². The van der Waals surface area contributed by atoms with Gasteiger partial charge >= 0.3 is 29.0 Å². The van der Waals surface area contributed by atoms with E-state index in [1.54, 1.807) is 0 Å². The molecule has 2 rings (SSSR count). The molecule has 2 aliphatic heterocycles. The third-order valence-corrected chi connectivity index (χ3v) is 9.40. The predicted molar refractivity (Wildman–Crippen MR) is 95.5 cm³/mol. The second-order valence-electron chi connectivity index (χ2n) is 6.72. The first-order valence-corrected chi connectivity index (χ1v) is 14.1. The summed E-state index contributed by atoms with van der Waals surface area (Å²) in [5, 5.41) is 4.31. The van der Waals surface area contributed by atoms with Gasteiger partial charge in [-0.05, 0) is 12.8 Å². The van der Waals surface area contributed by atoms with E-state index in [9.17, 15) is 0 Å². The number of rotatable bonds is 7. The molecule has 0 atom stereocenters. The van der Waals surface area contributed by atoms with Crippen molar-refractivity contribution in [3.63, 3.8) is 0 Å². The van der Waals surface area contributed by atoms with Gasteiger partial charge in [0.25, 0.3) is 0 Å². The van der Waals surface area contributed by atoms with Crippen LogP contribution >= 0.6 is 0 Å². The van der Waals surface area contributed by atoms with Gasteiger partial charge in [-0.15, -0.1) is 0 Å². The summed E-state index contributed by atoms with van der Waals surface area (Å²) < 4.78 is 11.3. The molecule has 2 heterocycles. The summed E-state index contributed by atoms with van der Waals surface area (Å²) >= 11 is -1.28. The second-order valence-corrected chi connectivity index (χ2v) is 12.0.